The number of nitrogens with two attached hydrogens (primary N) is 1. The van der Waals surface area contributed by atoms with Crippen LogP contribution in [0.2, 0.25) is 0 Å². The van der Waals surface area contributed by atoms with Gasteiger partial charge in [-0.3, -0.25) is 4.79 Å². The van der Waals surface area contributed by atoms with E-state index in [1.165, 1.54) is 0 Å². The lowest BCUT2D eigenvalue weighted by Gasteiger charge is -2.14. The number of hydrogen-bond donors (Lipinski definition) is 2. The molecule has 3 N–H and O–H groups in total. The van der Waals surface area contributed by atoms with E-state index in [0.717, 1.165) is 12.0 Å². The number of amides is 1. The Kier molecular flexibility index (Phi) is 7.56. The van der Waals surface area contributed by atoms with Crippen LogP contribution in [-0.2, 0) is 16.1 Å². The van der Waals surface area contributed by atoms with E-state index in [0.29, 0.717) is 31.1 Å². The molecule has 1 atom stereocenters. The summed E-state index contributed by atoms with van der Waals surface area (Å²) in [5.41, 5.74) is 6.69. The molecule has 6 heteroatoms. The number of carbonyl (C=O) groups excluding carboxylic acids is 1. The predicted octanol–water partition coefficient (Wildman–Crippen LogP) is 1.07. The van der Waals surface area contributed by atoms with Crippen molar-refractivity contribution in [3.05, 3.63) is 23.8 Å². The van der Waals surface area contributed by atoms with Crippen molar-refractivity contribution in [1.29, 1.82) is 0 Å². The fraction of sp³-hybridized carbons (Fsp3) is 0.533. The minimum atomic E-state index is -0.524. The minimum Gasteiger partial charge on any atom is -0.497 e. The fourth-order valence-electron chi connectivity index (χ4n) is 1.89. The van der Waals surface area contributed by atoms with E-state index in [2.05, 4.69) is 5.32 Å². The van der Waals surface area contributed by atoms with Crippen LogP contribution in [0.4, 0.5) is 0 Å². The van der Waals surface area contributed by atoms with Gasteiger partial charge in [-0.25, -0.2) is 0 Å². The SMILES string of the molecule is COCCCC(N)C(=O)NCc1ccc(OC)cc1OC. The number of benzene rings is 1. The quantitative estimate of drug-likeness (QED) is 0.666. The first-order valence-corrected chi connectivity index (χ1v) is 6.85. The maximum atomic E-state index is 11.9. The second-order valence-electron chi connectivity index (χ2n) is 4.64. The molecule has 0 heterocycles. The lowest BCUT2D eigenvalue weighted by Crippen LogP contribution is -2.40. The van der Waals surface area contributed by atoms with Gasteiger partial charge in [-0.1, -0.05) is 0 Å². The van der Waals surface area contributed by atoms with Crippen LogP contribution < -0.4 is 20.5 Å². The van der Waals surface area contributed by atoms with Crippen molar-refractivity contribution in [2.24, 2.45) is 5.73 Å². The minimum absolute atomic E-state index is 0.177. The average molecular weight is 296 g/mol. The molecule has 21 heavy (non-hydrogen) atoms. The van der Waals surface area contributed by atoms with Crippen LogP contribution in [0.25, 0.3) is 0 Å². The van der Waals surface area contributed by atoms with Crippen LogP contribution in [-0.4, -0.2) is 39.9 Å². The first-order valence-electron chi connectivity index (χ1n) is 6.85. The zero-order valence-corrected chi connectivity index (χ0v) is 12.8. The van der Waals surface area contributed by atoms with Gasteiger partial charge in [0, 0.05) is 31.9 Å². The van der Waals surface area contributed by atoms with Gasteiger partial charge in [0.25, 0.3) is 0 Å². The average Bonchev–Trinajstić information content (AvgIpc) is 2.52. The van der Waals surface area contributed by atoms with Gasteiger partial charge >= 0.3 is 0 Å². The maximum Gasteiger partial charge on any atom is 0.237 e. The zero-order valence-electron chi connectivity index (χ0n) is 12.8. The number of rotatable bonds is 9. The molecule has 0 aliphatic heterocycles. The summed E-state index contributed by atoms with van der Waals surface area (Å²) in [6.07, 6.45) is 1.36. The van der Waals surface area contributed by atoms with Crippen molar-refractivity contribution in [3.63, 3.8) is 0 Å². The summed E-state index contributed by atoms with van der Waals surface area (Å²) >= 11 is 0. The molecule has 1 aromatic carbocycles. The molecule has 6 nitrogen and oxygen atoms in total. The molecule has 0 aromatic heterocycles. The third kappa shape index (κ3) is 5.61. The van der Waals surface area contributed by atoms with Gasteiger partial charge in [-0.15, -0.1) is 0 Å². The Labute approximate surface area is 125 Å². The molecule has 0 aliphatic rings. The molecule has 0 radical (unpaired) electrons. The number of hydrogen-bond acceptors (Lipinski definition) is 5. The smallest absolute Gasteiger partial charge is 0.237 e. The molecular formula is C15H24N2O4. The van der Waals surface area contributed by atoms with Crippen molar-refractivity contribution in [3.8, 4) is 11.5 Å². The first-order chi connectivity index (χ1) is 10.1. The first kappa shape index (κ1) is 17.3. The van der Waals surface area contributed by atoms with E-state index in [4.69, 9.17) is 19.9 Å². The van der Waals surface area contributed by atoms with E-state index >= 15 is 0 Å². The highest BCUT2D eigenvalue weighted by atomic mass is 16.5. The molecule has 1 aromatic rings. The van der Waals surface area contributed by atoms with Gasteiger partial charge in [0.2, 0.25) is 5.91 Å². The van der Waals surface area contributed by atoms with Crippen LogP contribution in [0.15, 0.2) is 18.2 Å². The predicted molar refractivity (Wildman–Crippen MR) is 80.5 cm³/mol. The largest absolute Gasteiger partial charge is 0.497 e. The molecule has 1 unspecified atom stereocenters. The highest BCUT2D eigenvalue weighted by Crippen LogP contribution is 2.24. The summed E-state index contributed by atoms with van der Waals surface area (Å²) in [5, 5.41) is 2.81. The molecule has 0 aliphatic carbocycles. The molecule has 0 saturated carbocycles. The van der Waals surface area contributed by atoms with Crippen molar-refractivity contribution < 1.29 is 19.0 Å². The molecule has 1 amide bonds. The summed E-state index contributed by atoms with van der Waals surface area (Å²) in [6.45, 7) is 0.970. The highest BCUT2D eigenvalue weighted by molar-refractivity contribution is 5.81. The molecule has 0 spiro atoms. The van der Waals surface area contributed by atoms with Crippen LogP contribution in [0.3, 0.4) is 0 Å². The van der Waals surface area contributed by atoms with Gasteiger partial charge in [-0.05, 0) is 25.0 Å². The van der Waals surface area contributed by atoms with Crippen molar-refractivity contribution in [2.45, 2.75) is 25.4 Å². The summed E-state index contributed by atoms with van der Waals surface area (Å²) in [6, 6.07) is 4.93. The van der Waals surface area contributed by atoms with Crippen molar-refractivity contribution in [1.82, 2.24) is 5.32 Å². The lowest BCUT2D eigenvalue weighted by atomic mass is 10.1. The molecule has 1 rings (SSSR count). The maximum absolute atomic E-state index is 11.9. The Morgan fingerprint density at radius 3 is 2.67 bits per heavy atom. The van der Waals surface area contributed by atoms with Crippen molar-refractivity contribution >= 4 is 5.91 Å². The second kappa shape index (κ2) is 9.20. The fourth-order valence-corrected chi connectivity index (χ4v) is 1.89. The Hall–Kier alpha value is -1.79. The zero-order chi connectivity index (χ0) is 15.7. The van der Waals surface area contributed by atoms with Gasteiger partial charge in [0.15, 0.2) is 0 Å². The standard InChI is InChI=1S/C15H24N2O4/c1-19-8-4-5-13(16)15(18)17-10-11-6-7-12(20-2)9-14(11)21-3/h6-7,9,13H,4-5,8,10,16H2,1-3H3,(H,17,18). The highest BCUT2D eigenvalue weighted by Gasteiger charge is 2.13. The summed E-state index contributed by atoms with van der Waals surface area (Å²) < 4.78 is 15.3. The van der Waals surface area contributed by atoms with Crippen molar-refractivity contribution in [2.75, 3.05) is 27.9 Å². The third-order valence-electron chi connectivity index (χ3n) is 3.15. The van der Waals surface area contributed by atoms with E-state index in [-0.39, 0.29) is 5.91 Å². The van der Waals surface area contributed by atoms with Crippen LogP contribution in [0, 0.1) is 0 Å². The van der Waals surface area contributed by atoms with E-state index in [1.54, 1.807) is 27.4 Å². The Balaban J connectivity index is 2.52. The number of carbonyl (C=O) groups is 1. The molecule has 118 valence electrons. The normalized spacial score (nSPS) is 11.8. The van der Waals surface area contributed by atoms with E-state index < -0.39 is 6.04 Å². The topological polar surface area (TPSA) is 82.8 Å². The van der Waals surface area contributed by atoms with Crippen LogP contribution in [0.1, 0.15) is 18.4 Å². The number of nitrogens with one attached hydrogen (secondary N) is 1. The second-order valence-corrected chi connectivity index (χ2v) is 4.64. The van der Waals surface area contributed by atoms with Crippen LogP contribution >= 0.6 is 0 Å². The summed E-state index contributed by atoms with van der Waals surface area (Å²) in [4.78, 5) is 11.9. The van der Waals surface area contributed by atoms with E-state index in [1.807, 2.05) is 12.1 Å². The monoisotopic (exact) mass is 296 g/mol. The molecule has 0 fully saturated rings. The number of methoxy groups -OCH3 is 3. The third-order valence-corrected chi connectivity index (χ3v) is 3.15. The Morgan fingerprint density at radius 1 is 1.29 bits per heavy atom. The van der Waals surface area contributed by atoms with Gasteiger partial charge < -0.3 is 25.3 Å². The number of ether oxygens (including phenoxy) is 3. The molecule has 0 saturated heterocycles. The molecule has 0 bridgehead atoms. The van der Waals surface area contributed by atoms with E-state index in [9.17, 15) is 4.79 Å². The van der Waals surface area contributed by atoms with Gasteiger partial charge in [0.05, 0.1) is 20.3 Å². The Bertz CT molecular complexity index is 451. The summed E-state index contributed by atoms with van der Waals surface area (Å²) in [7, 11) is 4.80. The van der Waals surface area contributed by atoms with Crippen LogP contribution in [0.5, 0.6) is 11.5 Å². The molecular weight excluding hydrogens is 272 g/mol. The summed E-state index contributed by atoms with van der Waals surface area (Å²) in [5.74, 6) is 1.20. The van der Waals surface area contributed by atoms with Gasteiger partial charge in [0.1, 0.15) is 11.5 Å². The van der Waals surface area contributed by atoms with Gasteiger partial charge in [-0.2, -0.15) is 0 Å². The lowest BCUT2D eigenvalue weighted by molar-refractivity contribution is -0.122. The Morgan fingerprint density at radius 2 is 2.05 bits per heavy atom.